The van der Waals surface area contributed by atoms with E-state index >= 15 is 0 Å². The third kappa shape index (κ3) is 2.61. The summed E-state index contributed by atoms with van der Waals surface area (Å²) in [6.07, 6.45) is -7.19. The van der Waals surface area contributed by atoms with Gasteiger partial charge >= 0.3 is 29.8 Å². The van der Waals surface area contributed by atoms with Crippen LogP contribution in [0.5, 0.6) is 0 Å². The molecule has 144 valence electrons. The lowest BCUT2D eigenvalue weighted by Crippen LogP contribution is -2.68. The second kappa shape index (κ2) is 5.05. The minimum absolute atomic E-state index is 0.0701. The number of ether oxygens (including phenoxy) is 2. The van der Waals surface area contributed by atoms with Crippen LogP contribution in [0.25, 0.3) is 0 Å². The van der Waals surface area contributed by atoms with Crippen LogP contribution in [-0.2, 0) is 9.47 Å². The van der Waals surface area contributed by atoms with Crippen molar-refractivity contribution in [1.29, 1.82) is 0 Å². The van der Waals surface area contributed by atoms with E-state index in [1.807, 2.05) is 0 Å². The van der Waals surface area contributed by atoms with E-state index in [2.05, 4.69) is 9.47 Å². The highest BCUT2D eigenvalue weighted by molar-refractivity contribution is 5.09. The fraction of sp³-hybridized carbons (Fsp3) is 1.00. The van der Waals surface area contributed by atoms with Crippen LogP contribution in [0.3, 0.4) is 0 Å². The first-order valence-corrected chi connectivity index (χ1v) is 5.77. The summed E-state index contributed by atoms with van der Waals surface area (Å²) in [7, 11) is 0. The second-order valence-corrected chi connectivity index (χ2v) is 5.17. The minimum Gasteiger partial charge on any atom is -0.339 e. The summed E-state index contributed by atoms with van der Waals surface area (Å²) in [6.45, 7) is -2.40. The van der Waals surface area contributed by atoms with E-state index in [1.165, 1.54) is 0 Å². The fourth-order valence-electron chi connectivity index (χ4n) is 1.58. The molecule has 1 aliphatic rings. The zero-order valence-corrected chi connectivity index (χ0v) is 11.6. The maximum Gasteiger partial charge on any atom is 0.460 e. The van der Waals surface area contributed by atoms with Gasteiger partial charge in [0.1, 0.15) is 6.61 Å². The maximum absolute atomic E-state index is 13.9. The summed E-state index contributed by atoms with van der Waals surface area (Å²) in [5.41, 5.74) is 0. The normalized spacial score (nSPS) is 30.8. The molecule has 1 heterocycles. The van der Waals surface area contributed by atoms with Crippen molar-refractivity contribution in [2.75, 3.05) is 6.61 Å². The highest BCUT2D eigenvalue weighted by Crippen LogP contribution is 2.59. The molecule has 1 rings (SSSR count). The third-order valence-corrected chi connectivity index (χ3v) is 3.30. The first-order chi connectivity index (χ1) is 10.2. The standard InChI is InChI=1S/C10H8F12O2/c1-4(11,12)5(2)23-3-6(13,24-5)7(14,15)8(16,17)9(18,19)10(20,21)22/h3H2,1-2H3. The molecule has 24 heavy (non-hydrogen) atoms. The van der Waals surface area contributed by atoms with E-state index in [0.29, 0.717) is 0 Å². The molecule has 0 aliphatic carbocycles. The average molecular weight is 388 g/mol. The van der Waals surface area contributed by atoms with E-state index in [4.69, 9.17) is 0 Å². The van der Waals surface area contributed by atoms with Gasteiger partial charge in [0, 0.05) is 6.92 Å². The minimum atomic E-state index is -7.39. The Morgan fingerprint density at radius 3 is 1.50 bits per heavy atom. The third-order valence-electron chi connectivity index (χ3n) is 3.30. The van der Waals surface area contributed by atoms with Gasteiger partial charge in [0.25, 0.3) is 5.92 Å². The van der Waals surface area contributed by atoms with Crippen LogP contribution in [0, 0.1) is 0 Å². The van der Waals surface area contributed by atoms with Gasteiger partial charge in [-0.3, -0.25) is 0 Å². The summed E-state index contributed by atoms with van der Waals surface area (Å²) >= 11 is 0. The zero-order valence-electron chi connectivity index (χ0n) is 11.6. The fourth-order valence-corrected chi connectivity index (χ4v) is 1.58. The van der Waals surface area contributed by atoms with Gasteiger partial charge in [-0.25, -0.2) is 13.2 Å². The van der Waals surface area contributed by atoms with Crippen LogP contribution in [0.2, 0.25) is 0 Å². The topological polar surface area (TPSA) is 18.5 Å². The Bertz CT molecular complexity index is 495. The van der Waals surface area contributed by atoms with Gasteiger partial charge in [-0.05, 0) is 6.92 Å². The van der Waals surface area contributed by atoms with Crippen LogP contribution >= 0.6 is 0 Å². The number of alkyl halides is 12. The van der Waals surface area contributed by atoms with Crippen LogP contribution in [-0.4, -0.2) is 48.1 Å². The highest BCUT2D eigenvalue weighted by Gasteiger charge is 2.88. The largest absolute Gasteiger partial charge is 0.460 e. The van der Waals surface area contributed by atoms with Crippen molar-refractivity contribution < 1.29 is 62.2 Å². The Hall–Kier alpha value is -0.920. The van der Waals surface area contributed by atoms with E-state index in [-0.39, 0.29) is 13.8 Å². The van der Waals surface area contributed by atoms with E-state index < -0.39 is 48.1 Å². The van der Waals surface area contributed by atoms with Crippen molar-refractivity contribution in [3.8, 4) is 0 Å². The molecule has 0 radical (unpaired) electrons. The van der Waals surface area contributed by atoms with Crippen molar-refractivity contribution in [3.63, 3.8) is 0 Å². The Morgan fingerprint density at radius 1 is 0.792 bits per heavy atom. The molecule has 1 saturated heterocycles. The summed E-state index contributed by atoms with van der Waals surface area (Å²) in [6, 6.07) is 0. The van der Waals surface area contributed by atoms with Gasteiger partial charge < -0.3 is 9.47 Å². The molecular formula is C10H8F12O2. The highest BCUT2D eigenvalue weighted by atomic mass is 19.4. The number of hydrogen-bond donors (Lipinski definition) is 0. The first-order valence-electron chi connectivity index (χ1n) is 5.77. The smallest absolute Gasteiger partial charge is 0.339 e. The van der Waals surface area contributed by atoms with E-state index in [9.17, 15) is 52.7 Å². The summed E-state index contributed by atoms with van der Waals surface area (Å²) in [4.78, 5) is 0. The van der Waals surface area contributed by atoms with Gasteiger partial charge in [0.15, 0.2) is 0 Å². The molecule has 0 aromatic heterocycles. The van der Waals surface area contributed by atoms with Crippen molar-refractivity contribution in [3.05, 3.63) is 0 Å². The van der Waals surface area contributed by atoms with Gasteiger partial charge in [-0.2, -0.15) is 39.5 Å². The molecule has 0 N–H and O–H groups in total. The molecule has 2 atom stereocenters. The van der Waals surface area contributed by atoms with Crippen LogP contribution in [0.15, 0.2) is 0 Å². The average Bonchev–Trinajstić information content (AvgIpc) is 2.66. The van der Waals surface area contributed by atoms with Crippen LogP contribution in [0.4, 0.5) is 52.7 Å². The summed E-state index contributed by atoms with van der Waals surface area (Å²) in [5.74, 6) is -34.9. The molecule has 2 unspecified atom stereocenters. The molecule has 0 bridgehead atoms. The monoisotopic (exact) mass is 388 g/mol. The van der Waals surface area contributed by atoms with Gasteiger partial charge in [-0.1, -0.05) is 0 Å². The Kier molecular flexibility index (Phi) is 4.44. The Balaban J connectivity index is 3.35. The number of hydrogen-bond acceptors (Lipinski definition) is 2. The first kappa shape index (κ1) is 21.1. The van der Waals surface area contributed by atoms with Crippen molar-refractivity contribution >= 4 is 0 Å². The molecule has 1 aliphatic heterocycles. The molecule has 0 saturated carbocycles. The van der Waals surface area contributed by atoms with Crippen molar-refractivity contribution in [2.24, 2.45) is 0 Å². The summed E-state index contributed by atoms with van der Waals surface area (Å²) in [5, 5.41) is 0. The van der Waals surface area contributed by atoms with Crippen LogP contribution in [0.1, 0.15) is 13.8 Å². The van der Waals surface area contributed by atoms with Gasteiger partial charge in [0.2, 0.25) is 5.79 Å². The lowest BCUT2D eigenvalue weighted by Gasteiger charge is -2.39. The lowest BCUT2D eigenvalue weighted by molar-refractivity contribution is -0.437. The van der Waals surface area contributed by atoms with Gasteiger partial charge in [-0.15, -0.1) is 0 Å². The Morgan fingerprint density at radius 2 is 1.21 bits per heavy atom. The Labute approximate surface area is 125 Å². The molecule has 2 nitrogen and oxygen atoms in total. The number of rotatable bonds is 4. The molecule has 0 aromatic rings. The lowest BCUT2D eigenvalue weighted by atomic mass is 9.97. The maximum atomic E-state index is 13.9. The predicted molar refractivity (Wildman–Crippen MR) is 50.8 cm³/mol. The molecule has 0 aromatic carbocycles. The molecule has 0 spiro atoms. The van der Waals surface area contributed by atoms with E-state index in [1.54, 1.807) is 0 Å². The quantitative estimate of drug-likeness (QED) is 0.659. The molecule has 1 fully saturated rings. The van der Waals surface area contributed by atoms with Crippen molar-refractivity contribution in [1.82, 2.24) is 0 Å². The molecule has 0 amide bonds. The predicted octanol–water partition coefficient (Wildman–Crippen LogP) is 4.54. The van der Waals surface area contributed by atoms with Crippen LogP contribution < -0.4 is 0 Å². The molecule has 14 heteroatoms. The van der Waals surface area contributed by atoms with Gasteiger partial charge in [0.05, 0.1) is 0 Å². The zero-order chi connectivity index (χ0) is 19.6. The SMILES string of the molecule is CC(F)(F)C1(C)OCC(F)(C(F)(F)C(F)(F)C(F)(F)C(F)(F)F)O1. The second-order valence-electron chi connectivity index (χ2n) is 5.17. The van der Waals surface area contributed by atoms with E-state index in [0.717, 1.165) is 0 Å². The number of halogens is 12. The van der Waals surface area contributed by atoms with Crippen molar-refractivity contribution in [2.45, 2.75) is 55.4 Å². The molecular weight excluding hydrogens is 380 g/mol. The summed E-state index contributed by atoms with van der Waals surface area (Å²) < 4.78 is 162.